The highest BCUT2D eigenvalue weighted by molar-refractivity contribution is 7.99. The molecule has 0 saturated heterocycles. The van der Waals surface area contributed by atoms with Gasteiger partial charge in [-0.3, -0.25) is 23.7 Å². The van der Waals surface area contributed by atoms with Gasteiger partial charge in [0.2, 0.25) is 5.91 Å². The normalized spacial score (nSPS) is 11.2. The van der Waals surface area contributed by atoms with E-state index in [9.17, 15) is 14.4 Å². The van der Waals surface area contributed by atoms with Gasteiger partial charge in [0, 0.05) is 34.9 Å². The molecule has 228 valence electrons. The first kappa shape index (κ1) is 29.7. The average Bonchev–Trinajstić information content (AvgIpc) is 3.66. The fourth-order valence-corrected chi connectivity index (χ4v) is 6.17. The molecule has 45 heavy (non-hydrogen) atoms. The highest BCUT2D eigenvalue weighted by Crippen LogP contribution is 2.33. The third kappa shape index (κ3) is 5.92. The van der Waals surface area contributed by atoms with E-state index >= 15 is 0 Å². The van der Waals surface area contributed by atoms with Crippen molar-refractivity contribution >= 4 is 40.1 Å². The Balaban J connectivity index is 1.35. The summed E-state index contributed by atoms with van der Waals surface area (Å²) in [6, 6.07) is 25.2. The summed E-state index contributed by atoms with van der Waals surface area (Å²) in [6.45, 7) is 4.30. The third-order valence-electron chi connectivity index (χ3n) is 7.46. The third-order valence-corrected chi connectivity index (χ3v) is 8.38. The molecule has 0 unspecified atom stereocenters. The number of aryl methyl sites for hydroxylation is 1. The van der Waals surface area contributed by atoms with E-state index in [1.54, 1.807) is 0 Å². The summed E-state index contributed by atoms with van der Waals surface area (Å²) in [6.07, 6.45) is 2.47. The lowest BCUT2D eigenvalue weighted by molar-refractivity contribution is -0.116. The van der Waals surface area contributed by atoms with Crippen LogP contribution in [0.5, 0.6) is 0 Å². The molecule has 6 rings (SSSR count). The maximum atomic E-state index is 13.8. The van der Waals surface area contributed by atoms with E-state index in [1.807, 2.05) is 103 Å². The first-order chi connectivity index (χ1) is 21.9. The van der Waals surface area contributed by atoms with E-state index in [0.29, 0.717) is 17.4 Å². The fourth-order valence-electron chi connectivity index (χ4n) is 5.34. The number of hydrogen-bond acceptors (Lipinski definition) is 7. The molecule has 0 fully saturated rings. The van der Waals surface area contributed by atoms with Crippen molar-refractivity contribution in [3.05, 3.63) is 117 Å². The number of aromatic amines is 2. The molecule has 3 aromatic carbocycles. The quantitative estimate of drug-likeness (QED) is 0.187. The zero-order valence-corrected chi connectivity index (χ0v) is 25.7. The Morgan fingerprint density at radius 2 is 1.78 bits per heavy atom. The molecule has 0 saturated carbocycles. The Kier molecular flexibility index (Phi) is 8.39. The molecule has 0 radical (unpaired) electrons. The van der Waals surface area contributed by atoms with Crippen LogP contribution in [0.3, 0.4) is 0 Å². The second-order valence-corrected chi connectivity index (χ2v) is 11.6. The zero-order chi connectivity index (χ0) is 31.5. The van der Waals surface area contributed by atoms with Crippen LogP contribution >= 0.6 is 11.8 Å². The van der Waals surface area contributed by atoms with Crippen LogP contribution in [0.1, 0.15) is 24.5 Å². The van der Waals surface area contributed by atoms with Crippen molar-refractivity contribution in [2.75, 3.05) is 22.9 Å². The van der Waals surface area contributed by atoms with Crippen molar-refractivity contribution in [3.8, 4) is 17.1 Å². The van der Waals surface area contributed by atoms with Crippen molar-refractivity contribution in [2.24, 2.45) is 0 Å². The van der Waals surface area contributed by atoms with E-state index in [1.165, 1.54) is 21.2 Å². The van der Waals surface area contributed by atoms with Crippen molar-refractivity contribution in [1.29, 1.82) is 0 Å². The highest BCUT2D eigenvalue weighted by atomic mass is 32.2. The minimum absolute atomic E-state index is 0.0439. The van der Waals surface area contributed by atoms with Crippen LogP contribution < -0.4 is 21.9 Å². The van der Waals surface area contributed by atoms with Gasteiger partial charge in [-0.15, -0.1) is 10.2 Å². The summed E-state index contributed by atoms with van der Waals surface area (Å²) >= 11 is 1.22. The van der Waals surface area contributed by atoms with Gasteiger partial charge in [0.1, 0.15) is 5.82 Å². The number of nitrogens with zero attached hydrogens (tertiary/aromatic N) is 5. The van der Waals surface area contributed by atoms with E-state index in [0.717, 1.165) is 33.3 Å². The van der Waals surface area contributed by atoms with Crippen LogP contribution in [0.25, 0.3) is 28.0 Å². The number of carbonyl (C=O) groups excluding carboxylic acids is 1. The maximum absolute atomic E-state index is 13.8. The van der Waals surface area contributed by atoms with Gasteiger partial charge in [0.15, 0.2) is 16.7 Å². The van der Waals surface area contributed by atoms with Gasteiger partial charge in [-0.05, 0) is 42.7 Å². The fraction of sp³-hybridized carbons (Fsp3) is 0.182. The lowest BCUT2D eigenvalue weighted by Gasteiger charge is -2.24. The molecule has 0 bridgehead atoms. The number of aromatic nitrogens is 6. The molecule has 3 heterocycles. The van der Waals surface area contributed by atoms with Gasteiger partial charge in [-0.25, -0.2) is 4.79 Å². The number of anilines is 2. The van der Waals surface area contributed by atoms with Crippen molar-refractivity contribution in [3.63, 3.8) is 0 Å². The first-order valence-electron chi connectivity index (χ1n) is 14.5. The number of benzene rings is 3. The Morgan fingerprint density at radius 3 is 2.56 bits per heavy atom. The molecule has 3 aromatic heterocycles. The predicted molar refractivity (Wildman–Crippen MR) is 178 cm³/mol. The minimum atomic E-state index is -0.710. The summed E-state index contributed by atoms with van der Waals surface area (Å²) < 4.78 is 3.21. The number of carbonyl (C=O) groups is 1. The van der Waals surface area contributed by atoms with Gasteiger partial charge in [0.25, 0.3) is 5.56 Å². The molecule has 1 amide bonds. The zero-order valence-electron chi connectivity index (χ0n) is 24.9. The summed E-state index contributed by atoms with van der Waals surface area (Å²) in [5.74, 6) is 0.168. The Hall–Kier alpha value is -5.36. The number of H-pyrrole nitrogens is 2. The second kappa shape index (κ2) is 12.7. The van der Waals surface area contributed by atoms with Crippen molar-refractivity contribution in [2.45, 2.75) is 32.0 Å². The van der Waals surface area contributed by atoms with Crippen LogP contribution in [0.2, 0.25) is 0 Å². The smallest absolute Gasteiger partial charge is 0.330 e. The monoisotopic (exact) mass is 620 g/mol. The van der Waals surface area contributed by atoms with E-state index in [-0.39, 0.29) is 36.3 Å². The summed E-state index contributed by atoms with van der Waals surface area (Å²) in [7, 11) is 0. The maximum Gasteiger partial charge on any atom is 0.330 e. The minimum Gasteiger partial charge on any atom is -0.383 e. The van der Waals surface area contributed by atoms with Gasteiger partial charge >= 0.3 is 5.69 Å². The van der Waals surface area contributed by atoms with Gasteiger partial charge < -0.3 is 15.6 Å². The van der Waals surface area contributed by atoms with Crippen LogP contribution in [0.15, 0.2) is 99.8 Å². The highest BCUT2D eigenvalue weighted by Gasteiger charge is 2.26. The molecular formula is C33H32N8O3S. The molecule has 4 N–H and O–H groups in total. The number of nitrogens with two attached hydrogens (primary N) is 1. The molecule has 0 atom stereocenters. The van der Waals surface area contributed by atoms with Crippen LogP contribution in [-0.4, -0.2) is 47.5 Å². The Morgan fingerprint density at radius 1 is 1.00 bits per heavy atom. The first-order valence-corrected chi connectivity index (χ1v) is 15.5. The summed E-state index contributed by atoms with van der Waals surface area (Å²) in [5, 5.41) is 10.6. The van der Waals surface area contributed by atoms with Gasteiger partial charge in [0.05, 0.1) is 12.3 Å². The molecule has 11 nitrogen and oxygen atoms in total. The van der Waals surface area contributed by atoms with E-state index in [2.05, 4.69) is 20.2 Å². The topological polar surface area (TPSA) is 148 Å². The van der Waals surface area contributed by atoms with Gasteiger partial charge in [-0.2, -0.15) is 0 Å². The molecule has 0 spiro atoms. The number of nitrogen functional groups attached to an aromatic ring is 1. The molecule has 0 aliphatic heterocycles. The van der Waals surface area contributed by atoms with E-state index in [4.69, 9.17) is 5.73 Å². The number of amides is 1. The number of hydrogen-bond donors (Lipinski definition) is 3. The number of rotatable bonds is 10. The van der Waals surface area contributed by atoms with Crippen molar-refractivity contribution in [1.82, 2.24) is 29.3 Å². The van der Waals surface area contributed by atoms with Gasteiger partial charge in [-0.1, -0.05) is 79.3 Å². The lowest BCUT2D eigenvalue weighted by atomic mass is 10.1. The average molecular weight is 621 g/mol. The Bertz CT molecular complexity index is 2110. The van der Waals surface area contributed by atoms with Crippen molar-refractivity contribution < 1.29 is 4.79 Å². The molecule has 0 aliphatic carbocycles. The largest absolute Gasteiger partial charge is 0.383 e. The predicted octanol–water partition coefficient (Wildman–Crippen LogP) is 4.74. The molecule has 0 aliphatic rings. The SMILES string of the molecule is CCCN(C(=O)CSc1nnc(-c2c[nH]c3ccccc23)n1-c1cccc(C)c1)c1c(N)n(Cc2ccccc2)c(=O)[nH]c1=O. The number of fused-ring (bicyclic) bond motifs is 1. The second-order valence-electron chi connectivity index (χ2n) is 10.6. The number of nitrogens with one attached hydrogen (secondary N) is 2. The molecule has 12 heteroatoms. The number of para-hydroxylation sites is 1. The van der Waals surface area contributed by atoms with Crippen LogP contribution in [0.4, 0.5) is 11.5 Å². The molecular weight excluding hydrogens is 588 g/mol. The summed E-state index contributed by atoms with van der Waals surface area (Å²) in [5.41, 5.74) is 9.65. The summed E-state index contributed by atoms with van der Waals surface area (Å²) in [4.78, 5) is 46.7. The van der Waals surface area contributed by atoms with E-state index < -0.39 is 11.2 Å². The number of thioether (sulfide) groups is 1. The van der Waals surface area contributed by atoms with Crippen LogP contribution in [0, 0.1) is 6.92 Å². The lowest BCUT2D eigenvalue weighted by Crippen LogP contribution is -2.42. The van der Waals surface area contributed by atoms with Crippen LogP contribution in [-0.2, 0) is 11.3 Å². The molecule has 6 aromatic rings. The Labute approximate surface area is 262 Å². The standard InChI is InChI=1S/C33H32N8O3S/c1-3-16-39(28-29(34)40(32(44)36-31(28)43)19-22-11-5-4-6-12-22)27(42)20-45-33-38-37-30(41(33)23-13-9-10-21(2)17-23)25-18-35-26-15-8-7-14-24(25)26/h4-15,17-18,35H,3,16,19-20,34H2,1-2H3,(H,36,43,44).